The highest BCUT2D eigenvalue weighted by molar-refractivity contribution is 7.99. The summed E-state index contributed by atoms with van der Waals surface area (Å²) in [6.45, 7) is 2.70. The molecule has 0 aromatic heterocycles. The largest absolute Gasteiger partial charge is 0.416 e. The van der Waals surface area contributed by atoms with Crippen molar-refractivity contribution in [2.45, 2.75) is 44.1 Å². The fraction of sp³-hybridized carbons (Fsp3) is 0.650. The second-order valence-electron chi connectivity index (χ2n) is 7.74. The van der Waals surface area contributed by atoms with Crippen LogP contribution in [-0.2, 0) is 12.4 Å². The van der Waals surface area contributed by atoms with Crippen molar-refractivity contribution in [3.05, 3.63) is 34.9 Å². The minimum Gasteiger partial charge on any atom is -0.334 e. The van der Waals surface area contributed by atoms with Crippen molar-refractivity contribution >= 4 is 17.7 Å². The Balaban J connectivity index is 1.91. The molecule has 2 fully saturated rings. The second-order valence-corrected chi connectivity index (χ2v) is 8.89. The van der Waals surface area contributed by atoms with E-state index in [9.17, 15) is 31.1 Å². The highest BCUT2D eigenvalue weighted by Gasteiger charge is 2.38. The van der Waals surface area contributed by atoms with Crippen LogP contribution in [0.3, 0.4) is 0 Å². The number of amides is 1. The maximum absolute atomic E-state index is 13.2. The van der Waals surface area contributed by atoms with Gasteiger partial charge in [0.1, 0.15) is 0 Å². The summed E-state index contributed by atoms with van der Waals surface area (Å²) in [7, 11) is 0. The van der Waals surface area contributed by atoms with Crippen LogP contribution < -0.4 is 0 Å². The predicted molar refractivity (Wildman–Crippen MR) is 104 cm³/mol. The van der Waals surface area contributed by atoms with Gasteiger partial charge in [-0.1, -0.05) is 6.42 Å². The Morgan fingerprint density at radius 1 is 0.900 bits per heavy atom. The molecular formula is C20H24F6N2OS. The van der Waals surface area contributed by atoms with Crippen molar-refractivity contribution in [3.8, 4) is 0 Å². The van der Waals surface area contributed by atoms with Gasteiger partial charge in [-0.25, -0.2) is 0 Å². The van der Waals surface area contributed by atoms with E-state index < -0.39 is 35.0 Å². The maximum Gasteiger partial charge on any atom is 0.416 e. The minimum atomic E-state index is -4.97. The molecule has 0 aliphatic carbocycles. The smallest absolute Gasteiger partial charge is 0.334 e. The van der Waals surface area contributed by atoms with Crippen LogP contribution in [-0.4, -0.2) is 59.4 Å². The molecule has 10 heteroatoms. The third kappa shape index (κ3) is 5.84. The number of hydrogen-bond acceptors (Lipinski definition) is 3. The molecule has 1 atom stereocenters. The number of thioether (sulfide) groups is 1. The summed E-state index contributed by atoms with van der Waals surface area (Å²) in [5, 5.41) is 0. The number of nitrogens with zero attached hydrogens (tertiary/aromatic N) is 2. The van der Waals surface area contributed by atoms with Crippen LogP contribution in [0.1, 0.15) is 47.2 Å². The zero-order valence-electron chi connectivity index (χ0n) is 16.4. The third-order valence-electron chi connectivity index (χ3n) is 5.45. The van der Waals surface area contributed by atoms with Gasteiger partial charge in [-0.05, 0) is 56.3 Å². The van der Waals surface area contributed by atoms with Crippen LogP contribution in [0.5, 0.6) is 0 Å². The summed E-state index contributed by atoms with van der Waals surface area (Å²) in [6, 6.07) is 0.883. The molecule has 1 unspecified atom stereocenters. The summed E-state index contributed by atoms with van der Waals surface area (Å²) < 4.78 is 79.1. The van der Waals surface area contributed by atoms with E-state index in [1.807, 2.05) is 0 Å². The Kier molecular flexibility index (Phi) is 7.27. The summed E-state index contributed by atoms with van der Waals surface area (Å²) >= 11 is 1.66. The average Bonchev–Trinajstić information content (AvgIpc) is 2.92. The van der Waals surface area contributed by atoms with Crippen molar-refractivity contribution in [1.82, 2.24) is 9.80 Å². The molecule has 0 N–H and O–H groups in total. The van der Waals surface area contributed by atoms with Gasteiger partial charge >= 0.3 is 12.4 Å². The van der Waals surface area contributed by atoms with E-state index in [-0.39, 0.29) is 12.1 Å². The lowest BCUT2D eigenvalue weighted by Gasteiger charge is -2.36. The van der Waals surface area contributed by atoms with E-state index in [4.69, 9.17) is 0 Å². The van der Waals surface area contributed by atoms with Crippen LogP contribution in [0.2, 0.25) is 0 Å². The molecule has 1 aromatic rings. The van der Waals surface area contributed by atoms with E-state index in [2.05, 4.69) is 4.90 Å². The van der Waals surface area contributed by atoms with Gasteiger partial charge in [0.15, 0.2) is 0 Å². The molecule has 0 radical (unpaired) electrons. The van der Waals surface area contributed by atoms with Gasteiger partial charge in [0, 0.05) is 24.4 Å². The molecule has 30 heavy (non-hydrogen) atoms. The Hall–Kier alpha value is -1.42. The summed E-state index contributed by atoms with van der Waals surface area (Å²) in [5.74, 6) is 0.653. The fourth-order valence-corrected chi connectivity index (χ4v) is 4.99. The van der Waals surface area contributed by atoms with Gasteiger partial charge in [0.25, 0.3) is 5.91 Å². The highest BCUT2D eigenvalue weighted by Crippen LogP contribution is 2.37. The van der Waals surface area contributed by atoms with E-state index >= 15 is 0 Å². The normalized spacial score (nSPS) is 22.1. The van der Waals surface area contributed by atoms with Gasteiger partial charge in [0.2, 0.25) is 0 Å². The molecule has 2 saturated heterocycles. The molecule has 2 aliphatic rings. The lowest BCUT2D eigenvalue weighted by atomic mass is 10.0. The van der Waals surface area contributed by atoms with E-state index in [1.165, 1.54) is 4.90 Å². The number of benzene rings is 1. The van der Waals surface area contributed by atoms with Crippen molar-refractivity contribution < 1.29 is 31.1 Å². The number of carbonyl (C=O) groups excluding carboxylic acids is 1. The van der Waals surface area contributed by atoms with Crippen molar-refractivity contribution in [1.29, 1.82) is 0 Å². The lowest BCUT2D eigenvalue weighted by molar-refractivity contribution is -0.143. The van der Waals surface area contributed by atoms with E-state index in [1.54, 1.807) is 11.8 Å². The Morgan fingerprint density at radius 2 is 1.50 bits per heavy atom. The zero-order valence-corrected chi connectivity index (χ0v) is 17.2. The third-order valence-corrected chi connectivity index (χ3v) is 6.65. The van der Waals surface area contributed by atoms with Gasteiger partial charge in [0.05, 0.1) is 17.2 Å². The van der Waals surface area contributed by atoms with Gasteiger partial charge in [-0.3, -0.25) is 4.79 Å². The van der Waals surface area contributed by atoms with Crippen molar-refractivity contribution in [2.75, 3.05) is 37.7 Å². The van der Waals surface area contributed by atoms with Crippen molar-refractivity contribution in [2.24, 2.45) is 0 Å². The Bertz CT molecular complexity index is 714. The number of halogens is 6. The summed E-state index contributed by atoms with van der Waals surface area (Å²) in [5.41, 5.74) is -3.48. The molecule has 2 heterocycles. The van der Waals surface area contributed by atoms with Crippen LogP contribution in [0, 0.1) is 0 Å². The molecule has 168 valence electrons. The second kappa shape index (κ2) is 9.38. The highest BCUT2D eigenvalue weighted by atomic mass is 32.2. The monoisotopic (exact) mass is 454 g/mol. The quantitative estimate of drug-likeness (QED) is 0.590. The van der Waals surface area contributed by atoms with E-state index in [0.29, 0.717) is 37.4 Å². The van der Waals surface area contributed by atoms with Crippen LogP contribution >= 0.6 is 11.8 Å². The van der Waals surface area contributed by atoms with Crippen LogP contribution in [0.25, 0.3) is 0 Å². The fourth-order valence-electron chi connectivity index (χ4n) is 3.93. The molecule has 0 bridgehead atoms. The molecule has 1 amide bonds. The molecule has 2 aliphatic heterocycles. The molecule has 0 saturated carbocycles. The first-order valence-corrected chi connectivity index (χ1v) is 11.1. The van der Waals surface area contributed by atoms with Gasteiger partial charge in [-0.2, -0.15) is 38.1 Å². The van der Waals surface area contributed by atoms with Crippen LogP contribution in [0.4, 0.5) is 26.3 Å². The number of hydrogen-bond donors (Lipinski definition) is 0. The summed E-state index contributed by atoms with van der Waals surface area (Å²) in [6.07, 6.45) is -6.05. The first-order chi connectivity index (χ1) is 14.1. The first kappa shape index (κ1) is 23.2. The van der Waals surface area contributed by atoms with E-state index in [0.717, 1.165) is 38.1 Å². The Morgan fingerprint density at radius 3 is 2.07 bits per heavy atom. The standard InChI is InChI=1S/C20H24F6N2OS/c21-19(22,23)15-9-14(10-16(11-15)20(24,25)26)18(29)28-7-4-8-30-13-17(28)12-27-5-2-1-3-6-27/h9-11,17H,1-8,12-13H2. The maximum atomic E-state index is 13.2. The number of alkyl halides is 6. The zero-order chi connectivity index (χ0) is 21.9. The topological polar surface area (TPSA) is 23.6 Å². The molecule has 0 spiro atoms. The molecule has 1 aromatic carbocycles. The Labute approximate surface area is 175 Å². The van der Waals surface area contributed by atoms with Crippen molar-refractivity contribution in [3.63, 3.8) is 0 Å². The van der Waals surface area contributed by atoms with Gasteiger partial charge in [-0.15, -0.1) is 0 Å². The predicted octanol–water partition coefficient (Wildman–Crippen LogP) is 5.16. The number of rotatable bonds is 3. The summed E-state index contributed by atoms with van der Waals surface area (Å²) in [4.78, 5) is 16.8. The first-order valence-electron chi connectivity index (χ1n) is 9.96. The minimum absolute atomic E-state index is 0.0558. The SMILES string of the molecule is O=C(c1cc(C(F)(F)F)cc(C(F)(F)F)c1)N1CCCSCC1CN1CCCCC1. The van der Waals surface area contributed by atoms with Crippen LogP contribution in [0.15, 0.2) is 18.2 Å². The number of carbonyl (C=O) groups is 1. The molecule has 3 rings (SSSR count). The number of piperidine rings is 1. The number of likely N-dealkylation sites (tertiary alicyclic amines) is 1. The molecule has 3 nitrogen and oxygen atoms in total. The lowest BCUT2D eigenvalue weighted by Crippen LogP contribution is -2.49. The van der Waals surface area contributed by atoms with Gasteiger partial charge < -0.3 is 9.80 Å². The average molecular weight is 454 g/mol. The molecular weight excluding hydrogens is 430 g/mol.